The molecule has 0 N–H and O–H groups in total. The fraction of sp³-hybridized carbons (Fsp3) is 0.116. The third-order valence-electron chi connectivity index (χ3n) is 8.15. The Morgan fingerprint density at radius 2 is 1.42 bits per heavy atom. The van der Waals surface area contributed by atoms with E-state index in [1.54, 1.807) is 41.8 Å². The summed E-state index contributed by atoms with van der Waals surface area (Å²) in [5.74, 6) is -0.131. The maximum absolute atomic E-state index is 8.56. The minimum Gasteiger partial charge on any atom is -0.305 e. The summed E-state index contributed by atoms with van der Waals surface area (Å²) in [4.78, 5) is 8.76. The molecule has 0 fully saturated rings. The molecule has 4 aromatic heterocycles. The summed E-state index contributed by atoms with van der Waals surface area (Å²) in [6.07, 6.45) is 1.69. The monoisotopic (exact) mass is 838 g/mol. The van der Waals surface area contributed by atoms with Crippen LogP contribution in [0.2, 0.25) is 0 Å². The Kier molecular flexibility index (Phi) is 7.61. The normalized spacial score (nSPS) is 13.4. The third kappa shape index (κ3) is 6.08. The van der Waals surface area contributed by atoms with Crippen LogP contribution >= 0.6 is 22.7 Å². The maximum atomic E-state index is 8.56. The number of nitrogens with zero attached hydrogens (tertiary/aromatic N) is 2. The molecule has 0 aliphatic rings. The van der Waals surface area contributed by atoms with Crippen LogP contribution in [0.5, 0.6) is 0 Å². The van der Waals surface area contributed by atoms with Crippen LogP contribution in [0.15, 0.2) is 122 Å². The van der Waals surface area contributed by atoms with Crippen LogP contribution in [0.1, 0.15) is 31.8 Å². The summed E-state index contributed by atoms with van der Waals surface area (Å²) >= 11 is 3.65. The van der Waals surface area contributed by atoms with Gasteiger partial charge in [-0.3, -0.25) is 0 Å². The van der Waals surface area contributed by atoms with Gasteiger partial charge in [-0.15, -0.1) is 71.0 Å². The van der Waals surface area contributed by atoms with E-state index in [1.807, 2.05) is 55.5 Å². The Morgan fingerprint density at radius 1 is 0.688 bits per heavy atom. The molecule has 237 valence electrons. The van der Waals surface area contributed by atoms with E-state index in [4.69, 9.17) is 6.85 Å². The molecule has 5 heteroatoms. The molecular formula is C43H32IrN2S2-2. The van der Waals surface area contributed by atoms with E-state index in [0.717, 1.165) is 27.2 Å². The predicted octanol–water partition coefficient (Wildman–Crippen LogP) is 12.5. The van der Waals surface area contributed by atoms with Crippen molar-refractivity contribution in [2.24, 2.45) is 5.92 Å². The second-order valence-corrected chi connectivity index (χ2v) is 13.8. The number of hydrogen-bond donors (Lipinski definition) is 0. The number of aryl methyl sites for hydroxylation is 1. The summed E-state index contributed by atoms with van der Waals surface area (Å²) in [6.45, 7) is 1.74. The fourth-order valence-electron chi connectivity index (χ4n) is 6.07. The van der Waals surface area contributed by atoms with E-state index >= 15 is 0 Å². The van der Waals surface area contributed by atoms with Crippen molar-refractivity contribution in [2.45, 2.75) is 27.1 Å². The van der Waals surface area contributed by atoms with Gasteiger partial charge < -0.3 is 9.97 Å². The van der Waals surface area contributed by atoms with Gasteiger partial charge in [0.2, 0.25) is 0 Å². The third-order valence-corrected chi connectivity index (χ3v) is 10.6. The number of pyridine rings is 2. The number of rotatable bonds is 4. The van der Waals surface area contributed by atoms with Crippen molar-refractivity contribution in [2.75, 3.05) is 0 Å². The van der Waals surface area contributed by atoms with Crippen molar-refractivity contribution in [1.82, 2.24) is 9.97 Å². The standard InChI is InChI=1S/C31H22NS2.C12H10N.Ir/c1-18(2)16-19-14-15-32-27(17-19)26-8-5-7-21-23-12-13-24-25(30(23)34-31(21)26)11-10-22-20-6-3-4-9-28(20)33-29(22)24;1-10-7-8-12(13-9-10)11-5-3-2-4-6-11;/h3-7,9-15,17-18H,16H2,1-2H3;2-5,7-9H,1H3;/q2*-1;/i16D2;1D3;. The van der Waals surface area contributed by atoms with E-state index in [-0.39, 0.29) is 31.6 Å². The van der Waals surface area contributed by atoms with Gasteiger partial charge in [0.25, 0.3) is 0 Å². The summed E-state index contributed by atoms with van der Waals surface area (Å²) in [5.41, 5.74) is 4.21. The molecule has 4 heterocycles. The first kappa shape index (κ1) is 26.7. The van der Waals surface area contributed by atoms with Gasteiger partial charge in [0.15, 0.2) is 0 Å². The van der Waals surface area contributed by atoms with Crippen LogP contribution in [0.25, 0.3) is 73.6 Å². The predicted molar refractivity (Wildman–Crippen MR) is 204 cm³/mol. The second-order valence-electron chi connectivity index (χ2n) is 11.7. The van der Waals surface area contributed by atoms with E-state index in [1.165, 1.54) is 52.6 Å². The Bertz CT molecular complexity index is 2740. The topological polar surface area (TPSA) is 25.8 Å². The fourth-order valence-corrected chi connectivity index (χ4v) is 8.64. The van der Waals surface area contributed by atoms with E-state index in [9.17, 15) is 0 Å². The van der Waals surface area contributed by atoms with Gasteiger partial charge >= 0.3 is 0 Å². The number of aromatic nitrogens is 2. The van der Waals surface area contributed by atoms with Crippen LogP contribution < -0.4 is 0 Å². The Labute approximate surface area is 309 Å². The molecule has 0 aliphatic heterocycles. The van der Waals surface area contributed by atoms with Crippen molar-refractivity contribution < 1.29 is 27.0 Å². The molecule has 0 unspecified atom stereocenters. The first-order chi connectivity index (χ1) is 25.0. The molecule has 1 radical (unpaired) electrons. The van der Waals surface area contributed by atoms with E-state index in [2.05, 4.69) is 76.7 Å². The van der Waals surface area contributed by atoms with Crippen molar-refractivity contribution >= 4 is 73.8 Å². The molecule has 48 heavy (non-hydrogen) atoms. The molecule has 0 saturated carbocycles. The quantitative estimate of drug-likeness (QED) is 0.165. The van der Waals surface area contributed by atoms with Crippen LogP contribution in [0, 0.1) is 24.9 Å². The Morgan fingerprint density at radius 3 is 2.12 bits per heavy atom. The number of fused-ring (bicyclic) bond motifs is 9. The number of thiophene rings is 2. The zero-order chi connectivity index (χ0) is 36.2. The average molecular weight is 838 g/mol. The molecule has 0 amide bonds. The van der Waals surface area contributed by atoms with Crippen LogP contribution in [0.3, 0.4) is 0 Å². The van der Waals surface area contributed by atoms with Gasteiger partial charge in [-0.1, -0.05) is 85.5 Å². The summed E-state index contributed by atoms with van der Waals surface area (Å²) in [6, 6.07) is 42.7. The van der Waals surface area contributed by atoms with Gasteiger partial charge in [0.1, 0.15) is 0 Å². The minimum absolute atomic E-state index is 0. The average Bonchev–Trinajstić information content (AvgIpc) is 3.74. The largest absolute Gasteiger partial charge is 0.305 e. The maximum Gasteiger partial charge on any atom is 0.0434 e. The minimum atomic E-state index is -2.09. The number of hydrogen-bond acceptors (Lipinski definition) is 4. The van der Waals surface area contributed by atoms with E-state index in [0.29, 0.717) is 5.56 Å². The SMILES string of the molecule is [2H]C([2H])([2H])c1ccc(-c2[c-]cccc2)nc1.[2H]C([2H])(c1ccnc(-c2[c-]ccc3c2sc2c3ccc3c2ccc2c4ccccc4sc23)c1)C(C)C.[Ir]. The van der Waals surface area contributed by atoms with Crippen molar-refractivity contribution in [3.63, 3.8) is 0 Å². The molecule has 0 saturated heterocycles. The summed E-state index contributed by atoms with van der Waals surface area (Å²) < 4.78 is 43.9. The van der Waals surface area contributed by atoms with Gasteiger partial charge in [0, 0.05) is 75.0 Å². The van der Waals surface area contributed by atoms with Crippen molar-refractivity contribution in [3.8, 4) is 22.5 Å². The zero-order valence-electron chi connectivity index (χ0n) is 31.2. The zero-order valence-corrected chi connectivity index (χ0v) is 30.2. The Balaban J connectivity index is 0.000000216. The smallest absolute Gasteiger partial charge is 0.0434 e. The van der Waals surface area contributed by atoms with Crippen molar-refractivity contribution in [3.05, 3.63) is 145 Å². The second kappa shape index (κ2) is 13.7. The van der Waals surface area contributed by atoms with Gasteiger partial charge in [-0.2, -0.15) is 11.3 Å². The summed E-state index contributed by atoms with van der Waals surface area (Å²) in [5, 5.41) is 7.64. The van der Waals surface area contributed by atoms with Crippen molar-refractivity contribution in [1.29, 1.82) is 0 Å². The van der Waals surface area contributed by atoms with E-state index < -0.39 is 13.2 Å². The molecule has 9 rings (SSSR count). The first-order valence-electron chi connectivity index (χ1n) is 18.0. The molecule has 5 aromatic carbocycles. The van der Waals surface area contributed by atoms with Gasteiger partial charge in [-0.05, 0) is 58.3 Å². The van der Waals surface area contributed by atoms with Gasteiger partial charge in [0.05, 0.1) is 0 Å². The van der Waals surface area contributed by atoms with Crippen LogP contribution in [0.4, 0.5) is 0 Å². The molecule has 0 spiro atoms. The van der Waals surface area contributed by atoms with Gasteiger partial charge in [-0.25, -0.2) is 0 Å². The molecule has 9 aromatic rings. The van der Waals surface area contributed by atoms with Crippen LogP contribution in [-0.4, -0.2) is 9.97 Å². The molecule has 0 atom stereocenters. The Hall–Kier alpha value is -4.25. The molecular weight excluding hydrogens is 801 g/mol. The molecule has 2 nitrogen and oxygen atoms in total. The molecule has 0 aliphatic carbocycles. The molecule has 0 bridgehead atoms. The first-order valence-corrected chi connectivity index (χ1v) is 17.1. The van der Waals surface area contributed by atoms with Crippen LogP contribution in [-0.2, 0) is 26.5 Å². The summed E-state index contributed by atoms with van der Waals surface area (Å²) in [7, 11) is 0. The number of benzene rings is 5.